The molecule has 1 aromatic carbocycles. The Hall–Kier alpha value is -3.40. The second kappa shape index (κ2) is 9.97. The molecule has 2 bridgehead atoms. The zero-order valence-electron chi connectivity index (χ0n) is 21.8. The highest BCUT2D eigenvalue weighted by molar-refractivity contribution is 5.90. The van der Waals surface area contributed by atoms with Crippen molar-refractivity contribution >= 4 is 11.8 Å². The second-order valence-electron chi connectivity index (χ2n) is 10.7. The van der Waals surface area contributed by atoms with Crippen LogP contribution in [-0.2, 0) is 22.3 Å². The van der Waals surface area contributed by atoms with E-state index in [9.17, 15) is 18.0 Å². The fraction of sp³-hybridized carbons (Fsp3) is 0.483. The number of aryl methyl sites for hydroxylation is 1. The third-order valence-corrected chi connectivity index (χ3v) is 8.03. The standard InChI is InChI=1S/C29H30F3N3O4/c1-16-11-18(28(36)37-2)12-25(33-16)35-19-9-10-20(35)14-21(13-19)38-15-23-26(34-39-27(23)17-7-8-17)22-5-3-4-6-24(22)29(30,31)32/h3-6,11-12,17,19-21H,7-10,13-15H2,1-2H3. The Morgan fingerprint density at radius 2 is 1.82 bits per heavy atom. The molecule has 2 unspecified atom stereocenters. The van der Waals surface area contributed by atoms with Crippen LogP contribution in [0.15, 0.2) is 40.9 Å². The van der Waals surface area contributed by atoms with E-state index in [4.69, 9.17) is 19.0 Å². The molecule has 39 heavy (non-hydrogen) atoms. The van der Waals surface area contributed by atoms with Gasteiger partial charge in [-0.15, -0.1) is 0 Å². The number of methoxy groups -OCH3 is 1. The summed E-state index contributed by atoms with van der Waals surface area (Å²) in [6.07, 6.45) is 0.797. The van der Waals surface area contributed by atoms with Gasteiger partial charge in [0.2, 0.25) is 0 Å². The number of carbonyl (C=O) groups is 1. The third-order valence-electron chi connectivity index (χ3n) is 8.03. The van der Waals surface area contributed by atoms with E-state index in [2.05, 4.69) is 10.1 Å². The van der Waals surface area contributed by atoms with Crippen molar-refractivity contribution in [3.8, 4) is 11.3 Å². The van der Waals surface area contributed by atoms with Crippen LogP contribution in [0.25, 0.3) is 11.3 Å². The van der Waals surface area contributed by atoms with Crippen LogP contribution < -0.4 is 4.90 Å². The summed E-state index contributed by atoms with van der Waals surface area (Å²) in [6.45, 7) is 2.01. The van der Waals surface area contributed by atoms with Crippen molar-refractivity contribution in [3.05, 3.63) is 64.5 Å². The first-order chi connectivity index (χ1) is 18.7. The van der Waals surface area contributed by atoms with E-state index >= 15 is 0 Å². The number of ether oxygens (including phenoxy) is 2. The number of halogens is 3. The van der Waals surface area contributed by atoms with Crippen LogP contribution in [-0.4, -0.2) is 41.4 Å². The molecule has 1 saturated carbocycles. The molecule has 0 spiro atoms. The Bertz CT molecular complexity index is 1370. The highest BCUT2D eigenvalue weighted by Gasteiger charge is 2.43. The van der Waals surface area contributed by atoms with Gasteiger partial charge in [-0.1, -0.05) is 23.4 Å². The van der Waals surface area contributed by atoms with Gasteiger partial charge in [-0.25, -0.2) is 9.78 Å². The highest BCUT2D eigenvalue weighted by Crippen LogP contribution is 2.46. The van der Waals surface area contributed by atoms with Crippen LogP contribution >= 0.6 is 0 Å². The largest absolute Gasteiger partial charge is 0.465 e. The summed E-state index contributed by atoms with van der Waals surface area (Å²) in [7, 11) is 1.36. The molecule has 6 rings (SSSR count). The van der Waals surface area contributed by atoms with Gasteiger partial charge in [0.1, 0.15) is 17.3 Å². The summed E-state index contributed by atoms with van der Waals surface area (Å²) in [5.41, 5.74) is 1.34. The minimum absolute atomic E-state index is 0.0149. The molecule has 7 nitrogen and oxygen atoms in total. The Morgan fingerprint density at radius 1 is 1.10 bits per heavy atom. The maximum absolute atomic E-state index is 13.8. The van der Waals surface area contributed by atoms with Gasteiger partial charge >= 0.3 is 12.1 Å². The van der Waals surface area contributed by atoms with E-state index < -0.39 is 17.7 Å². The number of anilines is 1. The topological polar surface area (TPSA) is 77.7 Å². The molecule has 2 saturated heterocycles. The van der Waals surface area contributed by atoms with Gasteiger partial charge in [-0.2, -0.15) is 13.2 Å². The zero-order chi connectivity index (χ0) is 27.3. The maximum atomic E-state index is 13.8. The Morgan fingerprint density at radius 3 is 2.49 bits per heavy atom. The summed E-state index contributed by atoms with van der Waals surface area (Å²) < 4.78 is 58.3. The monoisotopic (exact) mass is 541 g/mol. The molecule has 2 aliphatic heterocycles. The number of rotatable bonds is 7. The molecule has 206 valence electrons. The van der Waals surface area contributed by atoms with Gasteiger partial charge in [0, 0.05) is 34.8 Å². The zero-order valence-corrected chi connectivity index (χ0v) is 21.8. The first-order valence-electron chi connectivity index (χ1n) is 13.3. The predicted octanol–water partition coefficient (Wildman–Crippen LogP) is 6.44. The number of nitrogens with zero attached hydrogens (tertiary/aromatic N) is 3. The molecule has 0 N–H and O–H groups in total. The molecule has 10 heteroatoms. The lowest BCUT2D eigenvalue weighted by molar-refractivity contribution is -0.137. The minimum atomic E-state index is -4.50. The Labute approximate surface area is 224 Å². The van der Waals surface area contributed by atoms with E-state index in [1.807, 2.05) is 6.92 Å². The first kappa shape index (κ1) is 25.9. The first-order valence-corrected chi connectivity index (χ1v) is 13.3. The lowest BCUT2D eigenvalue weighted by Crippen LogP contribution is -2.46. The smallest absolute Gasteiger partial charge is 0.417 e. The number of esters is 1. The minimum Gasteiger partial charge on any atom is -0.465 e. The molecule has 0 radical (unpaired) electrons. The van der Waals surface area contributed by atoms with Crippen molar-refractivity contribution < 1.29 is 32.0 Å². The van der Waals surface area contributed by atoms with Crippen LogP contribution in [0.1, 0.15) is 77.4 Å². The van der Waals surface area contributed by atoms with Crippen LogP contribution in [0.4, 0.5) is 19.0 Å². The molecule has 3 aliphatic rings. The Balaban J connectivity index is 1.22. The van der Waals surface area contributed by atoms with Gasteiger partial charge in [0.15, 0.2) is 0 Å². The molecular formula is C29H30F3N3O4. The number of piperidine rings is 1. The highest BCUT2D eigenvalue weighted by atomic mass is 19.4. The number of hydrogen-bond donors (Lipinski definition) is 0. The van der Waals surface area contributed by atoms with Crippen LogP contribution in [0.2, 0.25) is 0 Å². The second-order valence-corrected chi connectivity index (χ2v) is 10.7. The average Bonchev–Trinajstić information content (AvgIpc) is 3.61. The predicted molar refractivity (Wildman–Crippen MR) is 136 cm³/mol. The summed E-state index contributed by atoms with van der Waals surface area (Å²) in [5, 5.41) is 4.11. The van der Waals surface area contributed by atoms with Gasteiger partial charge in [0.25, 0.3) is 0 Å². The number of hydrogen-bond acceptors (Lipinski definition) is 7. The third kappa shape index (κ3) is 5.02. The SMILES string of the molecule is COC(=O)c1cc(C)nc(N2C3CCC2CC(OCc2c(-c4ccccc4C(F)(F)F)noc2C2CC2)C3)c1. The number of carbonyl (C=O) groups excluding carboxylic acids is 1. The van der Waals surface area contributed by atoms with Crippen molar-refractivity contribution in [3.63, 3.8) is 0 Å². The summed E-state index contributed by atoms with van der Waals surface area (Å²) >= 11 is 0. The van der Waals surface area contributed by atoms with Crippen molar-refractivity contribution in [2.45, 2.75) is 82.3 Å². The molecule has 1 aliphatic carbocycles. The van der Waals surface area contributed by atoms with E-state index in [0.717, 1.165) is 56.1 Å². The fourth-order valence-electron chi connectivity index (χ4n) is 6.13. The van der Waals surface area contributed by atoms with Crippen molar-refractivity contribution in [2.75, 3.05) is 12.0 Å². The normalized spacial score (nSPS) is 22.8. The maximum Gasteiger partial charge on any atom is 0.417 e. The van der Waals surface area contributed by atoms with Crippen LogP contribution in [0.3, 0.4) is 0 Å². The summed E-state index contributed by atoms with van der Waals surface area (Å²) in [6, 6.07) is 9.38. The number of alkyl halides is 3. The molecule has 2 atom stereocenters. The van der Waals surface area contributed by atoms with Gasteiger partial charge < -0.3 is 18.9 Å². The molecule has 3 aromatic rings. The van der Waals surface area contributed by atoms with Gasteiger partial charge in [0.05, 0.1) is 30.9 Å². The summed E-state index contributed by atoms with van der Waals surface area (Å²) in [5.74, 6) is 1.19. The quantitative estimate of drug-likeness (QED) is 0.318. The van der Waals surface area contributed by atoms with E-state index in [1.165, 1.54) is 19.2 Å². The molecular weight excluding hydrogens is 511 g/mol. The van der Waals surface area contributed by atoms with Crippen LogP contribution in [0, 0.1) is 6.92 Å². The molecule has 4 heterocycles. The van der Waals surface area contributed by atoms with Crippen LogP contribution in [0.5, 0.6) is 0 Å². The number of aromatic nitrogens is 2. The van der Waals surface area contributed by atoms with Gasteiger partial charge in [-0.3, -0.25) is 0 Å². The number of benzene rings is 1. The van der Waals surface area contributed by atoms with Gasteiger partial charge in [-0.05, 0) is 63.6 Å². The lowest BCUT2D eigenvalue weighted by Gasteiger charge is -2.40. The molecule has 3 fully saturated rings. The van der Waals surface area contributed by atoms with E-state index in [1.54, 1.807) is 18.2 Å². The Kier molecular flexibility index (Phi) is 6.61. The molecule has 2 aromatic heterocycles. The van der Waals surface area contributed by atoms with Crippen molar-refractivity contribution in [1.82, 2.24) is 10.1 Å². The summed E-state index contributed by atoms with van der Waals surface area (Å²) in [4.78, 5) is 19.1. The van der Waals surface area contributed by atoms with Crippen molar-refractivity contribution in [2.24, 2.45) is 0 Å². The number of pyridine rings is 1. The van der Waals surface area contributed by atoms with E-state index in [-0.39, 0.29) is 42.0 Å². The van der Waals surface area contributed by atoms with Crippen molar-refractivity contribution in [1.29, 1.82) is 0 Å². The van der Waals surface area contributed by atoms with E-state index in [0.29, 0.717) is 16.9 Å². The average molecular weight is 542 g/mol. The fourth-order valence-corrected chi connectivity index (χ4v) is 6.13. The lowest BCUT2D eigenvalue weighted by atomic mass is 9.98. The number of fused-ring (bicyclic) bond motifs is 2. The molecule has 0 amide bonds.